The summed E-state index contributed by atoms with van der Waals surface area (Å²) in [6.07, 6.45) is 0. The zero-order valence-electron chi connectivity index (χ0n) is 11.1. The molecule has 0 unspecified atom stereocenters. The largest absolute Gasteiger partial charge is 0.497 e. The standard InChI is InChI=1S/C15H17FN2O/c1-3-18(15-7-5-4-6-14(15)16)12-8-11(17)9-13(10-12)19-2/h4-10H,3,17H2,1-2H3. The lowest BCUT2D eigenvalue weighted by Crippen LogP contribution is -2.17. The fraction of sp³-hybridized carbons (Fsp3) is 0.200. The maximum atomic E-state index is 13.9. The van der Waals surface area contributed by atoms with Crippen LogP contribution >= 0.6 is 0 Å². The average Bonchev–Trinajstić information content (AvgIpc) is 2.41. The van der Waals surface area contributed by atoms with E-state index in [9.17, 15) is 4.39 Å². The van der Waals surface area contributed by atoms with E-state index in [1.807, 2.05) is 24.0 Å². The molecule has 2 N–H and O–H groups in total. The van der Waals surface area contributed by atoms with Gasteiger partial charge in [-0.25, -0.2) is 4.39 Å². The molecular formula is C15H17FN2O. The van der Waals surface area contributed by atoms with Gasteiger partial charge in [-0.1, -0.05) is 12.1 Å². The van der Waals surface area contributed by atoms with Crippen molar-refractivity contribution >= 4 is 17.1 Å². The van der Waals surface area contributed by atoms with Crippen LogP contribution in [0.15, 0.2) is 42.5 Å². The van der Waals surface area contributed by atoms with Crippen LogP contribution in [0.1, 0.15) is 6.92 Å². The van der Waals surface area contributed by atoms with Crippen LogP contribution in [0, 0.1) is 5.82 Å². The molecule has 4 heteroatoms. The van der Waals surface area contributed by atoms with Crippen molar-refractivity contribution < 1.29 is 9.13 Å². The summed E-state index contributed by atoms with van der Waals surface area (Å²) in [6.45, 7) is 2.59. The molecule has 0 amide bonds. The highest BCUT2D eigenvalue weighted by molar-refractivity contribution is 5.69. The Morgan fingerprint density at radius 3 is 2.58 bits per heavy atom. The molecule has 2 aromatic rings. The lowest BCUT2D eigenvalue weighted by Gasteiger charge is -2.24. The highest BCUT2D eigenvalue weighted by Gasteiger charge is 2.12. The molecule has 0 saturated heterocycles. The fourth-order valence-electron chi connectivity index (χ4n) is 2.04. The minimum absolute atomic E-state index is 0.259. The maximum Gasteiger partial charge on any atom is 0.146 e. The number of hydrogen-bond donors (Lipinski definition) is 1. The average molecular weight is 260 g/mol. The van der Waals surface area contributed by atoms with E-state index in [0.29, 0.717) is 23.7 Å². The predicted molar refractivity (Wildman–Crippen MR) is 76.5 cm³/mol. The van der Waals surface area contributed by atoms with Crippen LogP contribution in [-0.2, 0) is 0 Å². The summed E-state index contributed by atoms with van der Waals surface area (Å²) in [5.74, 6) is 0.399. The van der Waals surface area contributed by atoms with Crippen LogP contribution in [-0.4, -0.2) is 13.7 Å². The van der Waals surface area contributed by atoms with Crippen LogP contribution in [0.2, 0.25) is 0 Å². The van der Waals surface area contributed by atoms with Crippen LogP contribution in [0.5, 0.6) is 5.75 Å². The molecule has 3 nitrogen and oxygen atoms in total. The minimum Gasteiger partial charge on any atom is -0.497 e. The Hall–Kier alpha value is -2.23. The molecule has 0 heterocycles. The third-order valence-corrected chi connectivity index (χ3v) is 2.92. The van der Waals surface area contributed by atoms with Crippen molar-refractivity contribution in [3.8, 4) is 5.75 Å². The monoisotopic (exact) mass is 260 g/mol. The van der Waals surface area contributed by atoms with Gasteiger partial charge in [-0.15, -0.1) is 0 Å². The van der Waals surface area contributed by atoms with Crippen LogP contribution < -0.4 is 15.4 Å². The summed E-state index contributed by atoms with van der Waals surface area (Å²) in [4.78, 5) is 1.86. The van der Waals surface area contributed by atoms with Crippen LogP contribution in [0.4, 0.5) is 21.5 Å². The summed E-state index contributed by atoms with van der Waals surface area (Å²) in [5.41, 5.74) is 7.77. The second kappa shape index (κ2) is 5.61. The van der Waals surface area contributed by atoms with E-state index >= 15 is 0 Å². The Balaban J connectivity index is 2.48. The molecule has 0 spiro atoms. The fourth-order valence-corrected chi connectivity index (χ4v) is 2.04. The molecule has 0 radical (unpaired) electrons. The third-order valence-electron chi connectivity index (χ3n) is 2.92. The van der Waals surface area contributed by atoms with Crippen molar-refractivity contribution in [2.45, 2.75) is 6.92 Å². The molecule has 0 saturated carbocycles. The number of para-hydroxylation sites is 1. The molecule has 2 aromatic carbocycles. The number of halogens is 1. The Morgan fingerprint density at radius 1 is 1.21 bits per heavy atom. The molecule has 0 aliphatic carbocycles. The minimum atomic E-state index is -0.259. The van der Waals surface area contributed by atoms with E-state index < -0.39 is 0 Å². The first-order valence-electron chi connectivity index (χ1n) is 6.12. The molecule has 100 valence electrons. The topological polar surface area (TPSA) is 38.5 Å². The SMILES string of the molecule is CCN(c1cc(N)cc(OC)c1)c1ccccc1F. The number of ether oxygens (including phenoxy) is 1. The third kappa shape index (κ3) is 2.78. The Kier molecular flexibility index (Phi) is 3.90. The van der Waals surface area contributed by atoms with Crippen molar-refractivity contribution in [3.63, 3.8) is 0 Å². The normalized spacial score (nSPS) is 10.3. The second-order valence-corrected chi connectivity index (χ2v) is 4.16. The summed E-state index contributed by atoms with van der Waals surface area (Å²) < 4.78 is 19.1. The van der Waals surface area contributed by atoms with E-state index in [4.69, 9.17) is 10.5 Å². The van der Waals surface area contributed by atoms with Gasteiger partial charge in [0.05, 0.1) is 12.8 Å². The summed E-state index contributed by atoms with van der Waals surface area (Å²) in [5, 5.41) is 0. The summed E-state index contributed by atoms with van der Waals surface area (Å²) >= 11 is 0. The van der Waals surface area contributed by atoms with E-state index in [0.717, 1.165) is 5.69 Å². The smallest absolute Gasteiger partial charge is 0.146 e. The predicted octanol–water partition coefficient (Wildman–Crippen LogP) is 3.57. The van der Waals surface area contributed by atoms with Gasteiger partial charge >= 0.3 is 0 Å². The number of nitrogens with zero attached hydrogens (tertiary/aromatic N) is 1. The van der Waals surface area contributed by atoms with Gasteiger partial charge in [-0.3, -0.25) is 0 Å². The van der Waals surface area contributed by atoms with Gasteiger partial charge in [-0.2, -0.15) is 0 Å². The van der Waals surface area contributed by atoms with E-state index in [1.54, 1.807) is 31.4 Å². The first kappa shape index (κ1) is 13.2. The van der Waals surface area contributed by atoms with Gasteiger partial charge < -0.3 is 15.4 Å². The van der Waals surface area contributed by atoms with Gasteiger partial charge in [0.2, 0.25) is 0 Å². The molecule has 19 heavy (non-hydrogen) atoms. The number of benzene rings is 2. The molecule has 0 bridgehead atoms. The maximum absolute atomic E-state index is 13.9. The Bertz CT molecular complexity index is 572. The van der Waals surface area contributed by atoms with Crippen molar-refractivity contribution in [1.29, 1.82) is 0 Å². The lowest BCUT2D eigenvalue weighted by molar-refractivity contribution is 0.415. The number of methoxy groups -OCH3 is 1. The van der Waals surface area contributed by atoms with Crippen LogP contribution in [0.3, 0.4) is 0 Å². The molecule has 0 aromatic heterocycles. The van der Waals surface area contributed by atoms with Gasteiger partial charge in [-0.05, 0) is 25.1 Å². The van der Waals surface area contributed by atoms with Crippen LogP contribution in [0.25, 0.3) is 0 Å². The highest BCUT2D eigenvalue weighted by atomic mass is 19.1. The summed E-state index contributed by atoms with van der Waals surface area (Å²) in [7, 11) is 1.58. The molecular weight excluding hydrogens is 243 g/mol. The Labute approximate surface area is 112 Å². The van der Waals surface area contributed by atoms with E-state index in [2.05, 4.69) is 0 Å². The number of hydrogen-bond acceptors (Lipinski definition) is 3. The van der Waals surface area contributed by atoms with Crippen molar-refractivity contribution in [2.75, 3.05) is 24.3 Å². The van der Waals surface area contributed by atoms with Gasteiger partial charge in [0.15, 0.2) is 0 Å². The van der Waals surface area contributed by atoms with Crippen molar-refractivity contribution in [1.82, 2.24) is 0 Å². The Morgan fingerprint density at radius 2 is 1.95 bits per heavy atom. The van der Waals surface area contributed by atoms with E-state index in [-0.39, 0.29) is 5.82 Å². The van der Waals surface area contributed by atoms with E-state index in [1.165, 1.54) is 6.07 Å². The van der Waals surface area contributed by atoms with Gasteiger partial charge in [0.25, 0.3) is 0 Å². The first-order chi connectivity index (χ1) is 9.15. The van der Waals surface area contributed by atoms with Crippen molar-refractivity contribution in [3.05, 3.63) is 48.3 Å². The van der Waals surface area contributed by atoms with Gasteiger partial charge in [0, 0.05) is 30.1 Å². The molecule has 0 fully saturated rings. The van der Waals surface area contributed by atoms with Gasteiger partial charge in [0.1, 0.15) is 11.6 Å². The number of nitrogens with two attached hydrogens (primary N) is 1. The molecule has 0 aliphatic rings. The number of anilines is 3. The zero-order valence-corrected chi connectivity index (χ0v) is 11.1. The quantitative estimate of drug-likeness (QED) is 0.854. The lowest BCUT2D eigenvalue weighted by atomic mass is 10.2. The highest BCUT2D eigenvalue weighted by Crippen LogP contribution is 2.31. The number of nitrogen functional groups attached to an aromatic ring is 1. The zero-order chi connectivity index (χ0) is 13.8. The molecule has 2 rings (SSSR count). The van der Waals surface area contributed by atoms with Crippen molar-refractivity contribution in [2.24, 2.45) is 0 Å². The number of rotatable bonds is 4. The first-order valence-corrected chi connectivity index (χ1v) is 6.12. The molecule has 0 aliphatic heterocycles. The molecule has 0 atom stereocenters. The second-order valence-electron chi connectivity index (χ2n) is 4.16. The summed E-state index contributed by atoms with van der Waals surface area (Å²) in [6, 6.07) is 12.1.